The van der Waals surface area contributed by atoms with E-state index in [-0.39, 0.29) is 5.91 Å². The van der Waals surface area contributed by atoms with Gasteiger partial charge in [-0.15, -0.1) is 0 Å². The van der Waals surface area contributed by atoms with E-state index in [0.29, 0.717) is 28.3 Å². The Kier molecular flexibility index (Phi) is 6.49. The second-order valence-corrected chi connectivity index (χ2v) is 9.71. The highest BCUT2D eigenvalue weighted by atomic mass is 35.5. The number of carbonyl (C=O) groups excluding carboxylic acids is 1. The van der Waals surface area contributed by atoms with Crippen molar-refractivity contribution in [2.45, 2.75) is 51.9 Å². The van der Waals surface area contributed by atoms with Crippen molar-refractivity contribution in [2.24, 2.45) is 0 Å². The van der Waals surface area contributed by atoms with Crippen LogP contribution in [0.1, 0.15) is 48.5 Å². The minimum Gasteiger partial charge on any atom is -0.439 e. The number of rotatable bonds is 6. The van der Waals surface area contributed by atoms with E-state index in [9.17, 15) is 4.79 Å². The number of ether oxygens (including phenoxy) is 1. The first-order valence-electron chi connectivity index (χ1n) is 12.1. The number of nitrogens with zero attached hydrogens (tertiary/aromatic N) is 4. The third kappa shape index (κ3) is 4.71. The van der Waals surface area contributed by atoms with Crippen molar-refractivity contribution in [2.75, 3.05) is 5.32 Å². The van der Waals surface area contributed by atoms with E-state index in [0.717, 1.165) is 48.3 Å². The molecule has 0 unspecified atom stereocenters. The molecule has 36 heavy (non-hydrogen) atoms. The van der Waals surface area contributed by atoms with Crippen LogP contribution < -0.4 is 10.1 Å². The van der Waals surface area contributed by atoms with E-state index < -0.39 is 5.41 Å². The Bertz CT molecular complexity index is 1390. The molecular formula is C28H28ClN5O2. The van der Waals surface area contributed by atoms with Crippen LogP contribution in [-0.2, 0) is 10.2 Å². The summed E-state index contributed by atoms with van der Waals surface area (Å²) in [5.41, 5.74) is 3.16. The van der Waals surface area contributed by atoms with Gasteiger partial charge in [0.1, 0.15) is 23.7 Å². The van der Waals surface area contributed by atoms with Crippen LogP contribution in [0.15, 0.2) is 60.9 Å². The molecule has 7 nitrogen and oxygen atoms in total. The Morgan fingerprint density at radius 3 is 2.33 bits per heavy atom. The molecule has 2 aromatic carbocycles. The fourth-order valence-corrected chi connectivity index (χ4v) is 4.93. The number of hydrogen-bond donors (Lipinski definition) is 1. The zero-order valence-corrected chi connectivity index (χ0v) is 21.3. The number of aryl methyl sites for hydroxylation is 2. The van der Waals surface area contributed by atoms with E-state index >= 15 is 0 Å². The summed E-state index contributed by atoms with van der Waals surface area (Å²) < 4.78 is 7.93. The highest BCUT2D eigenvalue weighted by Crippen LogP contribution is 2.42. The zero-order valence-electron chi connectivity index (χ0n) is 20.6. The third-order valence-corrected chi connectivity index (χ3v) is 7.17. The molecular weight excluding hydrogens is 474 g/mol. The minimum atomic E-state index is -0.529. The van der Waals surface area contributed by atoms with Gasteiger partial charge in [0.15, 0.2) is 0 Å². The Labute approximate surface area is 215 Å². The number of aromatic nitrogens is 4. The smallest absolute Gasteiger partial charge is 0.235 e. The van der Waals surface area contributed by atoms with Crippen LogP contribution >= 0.6 is 11.6 Å². The van der Waals surface area contributed by atoms with Crippen LogP contribution in [0, 0.1) is 20.8 Å². The first-order valence-corrected chi connectivity index (χ1v) is 12.4. The van der Waals surface area contributed by atoms with E-state index in [4.69, 9.17) is 16.3 Å². The summed E-state index contributed by atoms with van der Waals surface area (Å²) >= 11 is 6.08. The standard InChI is InChI=1S/C28H28ClN5O2/c1-18-19(2)34(17-30-18)25-16-26(32-20(3)31-25)36-24-12-10-23(11-13-24)33-27(35)28(14-4-5-15-28)21-6-8-22(29)9-7-21/h6-13,16-17H,4-5,14-15H2,1-3H3,(H,33,35). The predicted octanol–water partition coefficient (Wildman–Crippen LogP) is 6.48. The van der Waals surface area contributed by atoms with Crippen molar-refractivity contribution in [1.82, 2.24) is 19.5 Å². The van der Waals surface area contributed by atoms with Gasteiger partial charge in [0.2, 0.25) is 11.8 Å². The molecule has 2 aromatic heterocycles. The quantitative estimate of drug-likeness (QED) is 0.327. The Morgan fingerprint density at radius 1 is 1.00 bits per heavy atom. The van der Waals surface area contributed by atoms with Crippen LogP contribution in [0.4, 0.5) is 5.69 Å². The molecule has 1 aliphatic carbocycles. The Balaban J connectivity index is 1.32. The summed E-state index contributed by atoms with van der Waals surface area (Å²) in [6, 6.07) is 16.8. The molecule has 0 radical (unpaired) electrons. The number of halogens is 1. The van der Waals surface area contributed by atoms with Gasteiger partial charge in [0.05, 0.1) is 11.1 Å². The summed E-state index contributed by atoms with van der Waals surface area (Å²) in [4.78, 5) is 26.7. The molecule has 1 N–H and O–H groups in total. The van der Waals surface area contributed by atoms with E-state index in [1.165, 1.54) is 0 Å². The fourth-order valence-electron chi connectivity index (χ4n) is 4.80. The van der Waals surface area contributed by atoms with E-state index in [1.54, 1.807) is 12.4 Å². The van der Waals surface area contributed by atoms with Crippen LogP contribution in [0.3, 0.4) is 0 Å². The Morgan fingerprint density at radius 2 is 1.69 bits per heavy atom. The highest BCUT2D eigenvalue weighted by Gasteiger charge is 2.42. The lowest BCUT2D eigenvalue weighted by Gasteiger charge is -2.28. The first kappa shape index (κ1) is 24.0. The molecule has 0 spiro atoms. The molecule has 1 aliphatic rings. The van der Waals surface area contributed by atoms with Gasteiger partial charge in [-0.3, -0.25) is 9.36 Å². The van der Waals surface area contributed by atoms with Gasteiger partial charge in [0, 0.05) is 22.5 Å². The lowest BCUT2D eigenvalue weighted by molar-refractivity contribution is -0.121. The van der Waals surface area contributed by atoms with Crippen molar-refractivity contribution < 1.29 is 9.53 Å². The molecule has 0 bridgehead atoms. The SMILES string of the molecule is Cc1nc(Oc2ccc(NC(=O)C3(c4ccc(Cl)cc4)CCCC3)cc2)cc(-n2cnc(C)c2C)n1. The van der Waals surface area contributed by atoms with E-state index in [2.05, 4.69) is 20.3 Å². The summed E-state index contributed by atoms with van der Waals surface area (Å²) in [6.07, 6.45) is 5.46. The Hall–Kier alpha value is -3.71. The van der Waals surface area contributed by atoms with Gasteiger partial charge >= 0.3 is 0 Å². The fraction of sp³-hybridized carbons (Fsp3) is 0.286. The molecule has 0 saturated heterocycles. The lowest BCUT2D eigenvalue weighted by Crippen LogP contribution is -2.37. The number of carbonyl (C=O) groups is 1. The first-order chi connectivity index (χ1) is 17.3. The molecule has 0 aliphatic heterocycles. The van der Waals surface area contributed by atoms with Crippen molar-refractivity contribution in [3.05, 3.63) is 88.7 Å². The number of amides is 1. The topological polar surface area (TPSA) is 81.9 Å². The maximum atomic E-state index is 13.4. The molecule has 1 amide bonds. The van der Waals surface area contributed by atoms with Crippen LogP contribution in [0.25, 0.3) is 5.82 Å². The number of benzene rings is 2. The van der Waals surface area contributed by atoms with Gasteiger partial charge in [-0.25, -0.2) is 9.97 Å². The number of nitrogens with one attached hydrogen (secondary N) is 1. The maximum absolute atomic E-state index is 13.4. The van der Waals surface area contributed by atoms with Crippen LogP contribution in [-0.4, -0.2) is 25.4 Å². The number of anilines is 1. The van der Waals surface area contributed by atoms with Crippen LogP contribution in [0.2, 0.25) is 5.02 Å². The molecule has 8 heteroatoms. The summed E-state index contributed by atoms with van der Waals surface area (Å²) in [5.74, 6) is 2.36. The predicted molar refractivity (Wildman–Crippen MR) is 140 cm³/mol. The van der Waals surface area contributed by atoms with E-state index in [1.807, 2.05) is 73.9 Å². The maximum Gasteiger partial charge on any atom is 0.235 e. The molecule has 184 valence electrons. The molecule has 0 atom stereocenters. The molecule has 2 heterocycles. The van der Waals surface area contributed by atoms with Crippen molar-refractivity contribution in [1.29, 1.82) is 0 Å². The summed E-state index contributed by atoms with van der Waals surface area (Å²) in [6.45, 7) is 5.78. The van der Waals surface area contributed by atoms with Crippen molar-refractivity contribution in [3.63, 3.8) is 0 Å². The zero-order chi connectivity index (χ0) is 25.3. The number of hydrogen-bond acceptors (Lipinski definition) is 5. The highest BCUT2D eigenvalue weighted by molar-refractivity contribution is 6.30. The minimum absolute atomic E-state index is 0.0121. The van der Waals surface area contributed by atoms with Gasteiger partial charge in [0.25, 0.3) is 0 Å². The van der Waals surface area contributed by atoms with Crippen molar-refractivity contribution in [3.8, 4) is 17.4 Å². The molecule has 1 saturated carbocycles. The number of imidazole rings is 1. The second-order valence-electron chi connectivity index (χ2n) is 9.27. The molecule has 1 fully saturated rings. The lowest BCUT2D eigenvalue weighted by atomic mass is 9.78. The second kappa shape index (κ2) is 9.74. The summed E-state index contributed by atoms with van der Waals surface area (Å²) in [7, 11) is 0. The van der Waals surface area contributed by atoms with Gasteiger partial charge < -0.3 is 10.1 Å². The summed E-state index contributed by atoms with van der Waals surface area (Å²) in [5, 5.41) is 3.78. The normalized spacial score (nSPS) is 14.6. The molecule has 4 aromatic rings. The van der Waals surface area contributed by atoms with Crippen molar-refractivity contribution >= 4 is 23.2 Å². The van der Waals surface area contributed by atoms with Crippen LogP contribution in [0.5, 0.6) is 11.6 Å². The largest absolute Gasteiger partial charge is 0.439 e. The third-order valence-electron chi connectivity index (χ3n) is 6.92. The van der Waals surface area contributed by atoms with Gasteiger partial charge in [-0.05, 0) is 75.6 Å². The molecule has 5 rings (SSSR count). The monoisotopic (exact) mass is 501 g/mol. The average Bonchev–Trinajstić information content (AvgIpc) is 3.48. The average molecular weight is 502 g/mol. The van der Waals surface area contributed by atoms with Gasteiger partial charge in [-0.2, -0.15) is 4.98 Å². The van der Waals surface area contributed by atoms with Gasteiger partial charge in [-0.1, -0.05) is 36.6 Å².